The van der Waals surface area contributed by atoms with Gasteiger partial charge in [0, 0.05) is 12.0 Å². The van der Waals surface area contributed by atoms with Crippen LogP contribution in [-0.4, -0.2) is 23.6 Å². The highest BCUT2D eigenvalue weighted by Gasteiger charge is 2.38. The molecule has 1 amide bonds. The summed E-state index contributed by atoms with van der Waals surface area (Å²) in [5.41, 5.74) is 0.574. The molecule has 1 aromatic heterocycles. The average Bonchev–Trinajstić information content (AvgIpc) is 3.48. The molecule has 1 aromatic carbocycles. The van der Waals surface area contributed by atoms with Gasteiger partial charge in [-0.2, -0.15) is 0 Å². The Morgan fingerprint density at radius 2 is 2.04 bits per heavy atom. The molecule has 3 aliphatic rings. The van der Waals surface area contributed by atoms with E-state index in [1.807, 2.05) is 29.2 Å². The second-order valence-corrected chi connectivity index (χ2v) is 7.33. The van der Waals surface area contributed by atoms with Crippen LogP contribution in [0, 0.1) is 5.92 Å². The standard InChI is InChI=1S/C20H21NO4/c1-12-9-16(12)17-8-7-14(25-17)10-21(13-5-6-13)20(22)15-3-2-4-18-19(15)24-11-23-18/h2-4,7-8,12-13,16H,5-6,9-11H2,1H3. The van der Waals surface area contributed by atoms with Crippen molar-refractivity contribution < 1.29 is 18.7 Å². The minimum atomic E-state index is -0.0115. The summed E-state index contributed by atoms with van der Waals surface area (Å²) in [5, 5.41) is 0. The number of benzene rings is 1. The van der Waals surface area contributed by atoms with E-state index in [9.17, 15) is 4.79 Å². The Hall–Kier alpha value is -2.43. The third-order valence-electron chi connectivity index (χ3n) is 5.36. The molecule has 0 radical (unpaired) electrons. The predicted octanol–water partition coefficient (Wildman–Crippen LogP) is 3.94. The summed E-state index contributed by atoms with van der Waals surface area (Å²) in [7, 11) is 0. The van der Waals surface area contributed by atoms with Crippen LogP contribution in [0.15, 0.2) is 34.7 Å². The first-order valence-electron chi connectivity index (χ1n) is 8.99. The lowest BCUT2D eigenvalue weighted by Crippen LogP contribution is -2.32. The number of carbonyl (C=O) groups excluding carboxylic acids is 1. The number of hydrogen-bond acceptors (Lipinski definition) is 4. The molecule has 0 bridgehead atoms. The lowest BCUT2D eigenvalue weighted by molar-refractivity contribution is 0.0712. The highest BCUT2D eigenvalue weighted by Crippen LogP contribution is 2.47. The van der Waals surface area contributed by atoms with E-state index in [4.69, 9.17) is 13.9 Å². The number of fused-ring (bicyclic) bond motifs is 1. The summed E-state index contributed by atoms with van der Waals surface area (Å²) in [6.45, 7) is 2.92. The smallest absolute Gasteiger partial charge is 0.258 e. The second-order valence-electron chi connectivity index (χ2n) is 7.33. The van der Waals surface area contributed by atoms with E-state index in [0.717, 1.165) is 24.4 Å². The van der Waals surface area contributed by atoms with Gasteiger partial charge in [0.15, 0.2) is 11.5 Å². The number of furan rings is 1. The van der Waals surface area contributed by atoms with Crippen LogP contribution < -0.4 is 9.47 Å². The molecule has 2 saturated carbocycles. The molecule has 2 aliphatic carbocycles. The van der Waals surface area contributed by atoms with Crippen molar-refractivity contribution in [2.75, 3.05) is 6.79 Å². The van der Waals surface area contributed by atoms with E-state index < -0.39 is 0 Å². The van der Waals surface area contributed by atoms with Gasteiger partial charge in [0.1, 0.15) is 11.5 Å². The van der Waals surface area contributed by atoms with Crippen LogP contribution in [0.5, 0.6) is 11.5 Å². The Morgan fingerprint density at radius 3 is 2.80 bits per heavy atom. The van der Waals surface area contributed by atoms with Crippen molar-refractivity contribution in [1.82, 2.24) is 4.90 Å². The van der Waals surface area contributed by atoms with Crippen molar-refractivity contribution in [2.45, 2.75) is 44.7 Å². The van der Waals surface area contributed by atoms with Gasteiger partial charge in [0.25, 0.3) is 5.91 Å². The minimum absolute atomic E-state index is 0.0115. The number of ether oxygens (including phenoxy) is 2. The molecule has 5 nitrogen and oxygen atoms in total. The predicted molar refractivity (Wildman–Crippen MR) is 90.7 cm³/mol. The first-order chi connectivity index (χ1) is 12.2. The van der Waals surface area contributed by atoms with Crippen LogP contribution >= 0.6 is 0 Å². The van der Waals surface area contributed by atoms with Gasteiger partial charge in [-0.3, -0.25) is 4.79 Å². The van der Waals surface area contributed by atoms with Crippen LogP contribution in [-0.2, 0) is 6.54 Å². The van der Waals surface area contributed by atoms with Gasteiger partial charge in [-0.15, -0.1) is 0 Å². The zero-order valence-corrected chi connectivity index (χ0v) is 14.2. The van der Waals surface area contributed by atoms with E-state index in [2.05, 4.69) is 13.0 Å². The number of rotatable bonds is 5. The van der Waals surface area contributed by atoms with Crippen LogP contribution in [0.4, 0.5) is 0 Å². The molecule has 1 aliphatic heterocycles. The summed E-state index contributed by atoms with van der Waals surface area (Å²) < 4.78 is 16.9. The molecule has 2 aromatic rings. The first kappa shape index (κ1) is 14.9. The quantitative estimate of drug-likeness (QED) is 0.828. The molecule has 5 heteroatoms. The summed E-state index contributed by atoms with van der Waals surface area (Å²) in [4.78, 5) is 15.1. The largest absolute Gasteiger partial charge is 0.464 e. The van der Waals surface area contributed by atoms with Crippen LogP contribution in [0.3, 0.4) is 0 Å². The fourth-order valence-corrected chi connectivity index (χ4v) is 3.57. The zero-order chi connectivity index (χ0) is 17.0. The second kappa shape index (κ2) is 5.55. The van der Waals surface area contributed by atoms with Crippen LogP contribution in [0.1, 0.15) is 54.0 Å². The van der Waals surface area contributed by atoms with Gasteiger partial charge in [-0.05, 0) is 49.4 Å². The Bertz CT molecular complexity index is 823. The molecule has 0 saturated heterocycles. The number of nitrogens with zero attached hydrogens (tertiary/aromatic N) is 1. The van der Waals surface area contributed by atoms with Crippen LogP contribution in [0.25, 0.3) is 0 Å². The van der Waals surface area contributed by atoms with E-state index >= 15 is 0 Å². The van der Waals surface area contributed by atoms with Crippen molar-refractivity contribution in [3.63, 3.8) is 0 Å². The number of hydrogen-bond donors (Lipinski definition) is 0. The number of carbonyl (C=O) groups is 1. The lowest BCUT2D eigenvalue weighted by atomic mass is 10.1. The molecule has 25 heavy (non-hydrogen) atoms. The van der Waals surface area contributed by atoms with Crippen molar-refractivity contribution in [3.05, 3.63) is 47.4 Å². The van der Waals surface area contributed by atoms with E-state index in [1.165, 1.54) is 6.42 Å². The van der Waals surface area contributed by atoms with E-state index in [-0.39, 0.29) is 12.7 Å². The van der Waals surface area contributed by atoms with Gasteiger partial charge < -0.3 is 18.8 Å². The molecule has 0 spiro atoms. The van der Waals surface area contributed by atoms with Crippen LogP contribution in [0.2, 0.25) is 0 Å². The highest BCUT2D eigenvalue weighted by atomic mass is 16.7. The maximum Gasteiger partial charge on any atom is 0.258 e. The van der Waals surface area contributed by atoms with E-state index in [0.29, 0.717) is 41.5 Å². The third kappa shape index (κ3) is 2.68. The zero-order valence-electron chi connectivity index (χ0n) is 14.2. The topological polar surface area (TPSA) is 51.9 Å². The summed E-state index contributed by atoms with van der Waals surface area (Å²) >= 11 is 0. The minimum Gasteiger partial charge on any atom is -0.464 e. The number of para-hydroxylation sites is 1. The third-order valence-corrected chi connectivity index (χ3v) is 5.36. The van der Waals surface area contributed by atoms with Crippen molar-refractivity contribution in [1.29, 1.82) is 0 Å². The van der Waals surface area contributed by atoms with Gasteiger partial charge in [0.2, 0.25) is 6.79 Å². The maximum absolute atomic E-state index is 13.1. The SMILES string of the molecule is CC1CC1c1ccc(CN(C(=O)c2cccc3c2OCO3)C2CC2)o1. The molecule has 2 atom stereocenters. The van der Waals surface area contributed by atoms with Gasteiger partial charge >= 0.3 is 0 Å². The fourth-order valence-electron chi connectivity index (χ4n) is 3.57. The first-order valence-corrected chi connectivity index (χ1v) is 8.99. The Labute approximate surface area is 146 Å². The summed E-state index contributed by atoms with van der Waals surface area (Å²) in [6, 6.07) is 9.85. The molecule has 2 heterocycles. The summed E-state index contributed by atoms with van der Waals surface area (Å²) in [5.74, 6) is 4.38. The molecule has 0 N–H and O–H groups in total. The van der Waals surface area contributed by atoms with E-state index in [1.54, 1.807) is 0 Å². The molecule has 2 fully saturated rings. The fraction of sp³-hybridized carbons (Fsp3) is 0.450. The number of amides is 1. The molecule has 5 rings (SSSR count). The maximum atomic E-state index is 13.1. The molecular weight excluding hydrogens is 318 g/mol. The lowest BCUT2D eigenvalue weighted by Gasteiger charge is -2.22. The summed E-state index contributed by atoms with van der Waals surface area (Å²) in [6.07, 6.45) is 3.29. The average molecular weight is 339 g/mol. The Kier molecular flexibility index (Phi) is 3.30. The van der Waals surface area contributed by atoms with Crippen molar-refractivity contribution in [2.24, 2.45) is 5.92 Å². The molecule has 2 unspecified atom stereocenters. The van der Waals surface area contributed by atoms with Gasteiger partial charge in [-0.25, -0.2) is 0 Å². The highest BCUT2D eigenvalue weighted by molar-refractivity contribution is 5.98. The normalized spacial score (nSPS) is 23.6. The van der Waals surface area contributed by atoms with Gasteiger partial charge in [-0.1, -0.05) is 13.0 Å². The Morgan fingerprint density at radius 1 is 1.20 bits per heavy atom. The molecular formula is C20H21NO4. The monoisotopic (exact) mass is 339 g/mol. The van der Waals surface area contributed by atoms with Crippen molar-refractivity contribution >= 4 is 5.91 Å². The molecule has 130 valence electrons. The van der Waals surface area contributed by atoms with Crippen molar-refractivity contribution in [3.8, 4) is 11.5 Å². The Balaban J connectivity index is 1.39. The van der Waals surface area contributed by atoms with Gasteiger partial charge in [0.05, 0.1) is 12.1 Å².